The minimum atomic E-state index is 0.181. The van der Waals surface area contributed by atoms with E-state index < -0.39 is 0 Å². The zero-order valence-electron chi connectivity index (χ0n) is 13.7. The Morgan fingerprint density at radius 3 is 2.79 bits per heavy atom. The molecule has 7 nitrogen and oxygen atoms in total. The van der Waals surface area contributed by atoms with Crippen LogP contribution in [-0.2, 0) is 6.42 Å². The summed E-state index contributed by atoms with van der Waals surface area (Å²) in [5.41, 5.74) is 3.83. The lowest BCUT2D eigenvalue weighted by Crippen LogP contribution is -2.22. The molecule has 122 valence electrons. The first-order valence-electron chi connectivity index (χ1n) is 7.81. The monoisotopic (exact) mass is 321 g/mol. The first-order chi connectivity index (χ1) is 11.7. The van der Waals surface area contributed by atoms with Crippen molar-refractivity contribution in [1.29, 1.82) is 5.26 Å². The third-order valence-electron chi connectivity index (χ3n) is 4.03. The second-order valence-corrected chi connectivity index (χ2v) is 5.61. The van der Waals surface area contributed by atoms with Crippen LogP contribution in [0.4, 0.5) is 0 Å². The number of hydrogen-bond donors (Lipinski definition) is 2. The summed E-state index contributed by atoms with van der Waals surface area (Å²) in [4.78, 5) is 4.12. The number of nitrogens with zero attached hydrogens (tertiary/aromatic N) is 5. The third kappa shape index (κ3) is 3.34. The molecule has 1 aromatic carbocycles. The fourth-order valence-electron chi connectivity index (χ4n) is 2.65. The summed E-state index contributed by atoms with van der Waals surface area (Å²) in [6.07, 6.45) is 4.21. The van der Waals surface area contributed by atoms with Gasteiger partial charge in [-0.25, -0.2) is 9.67 Å². The Kier molecular flexibility index (Phi) is 4.68. The first-order valence-corrected chi connectivity index (χ1v) is 7.81. The van der Waals surface area contributed by atoms with Gasteiger partial charge in [0.2, 0.25) is 0 Å². The fourth-order valence-corrected chi connectivity index (χ4v) is 2.65. The summed E-state index contributed by atoms with van der Waals surface area (Å²) < 4.78 is 1.89. The van der Waals surface area contributed by atoms with Crippen LogP contribution in [0.3, 0.4) is 0 Å². The minimum absolute atomic E-state index is 0.181. The molecule has 0 saturated carbocycles. The summed E-state index contributed by atoms with van der Waals surface area (Å²) in [6, 6.07) is 9.72. The van der Waals surface area contributed by atoms with Crippen LogP contribution in [-0.4, -0.2) is 31.5 Å². The number of aromatic amines is 1. The molecule has 2 aromatic heterocycles. The molecule has 0 aliphatic carbocycles. The summed E-state index contributed by atoms with van der Waals surface area (Å²) in [5, 5.41) is 23.6. The van der Waals surface area contributed by atoms with Gasteiger partial charge in [-0.15, -0.1) is 0 Å². The molecule has 0 unspecified atom stereocenters. The lowest BCUT2D eigenvalue weighted by atomic mass is 10.1. The van der Waals surface area contributed by atoms with E-state index in [-0.39, 0.29) is 6.04 Å². The van der Waals surface area contributed by atoms with Crippen LogP contribution >= 0.6 is 0 Å². The maximum absolute atomic E-state index is 8.89. The summed E-state index contributed by atoms with van der Waals surface area (Å²) in [5.74, 6) is 0.875. The Morgan fingerprint density at radius 1 is 1.33 bits per heavy atom. The Labute approximate surface area is 140 Å². The van der Waals surface area contributed by atoms with Crippen LogP contribution in [0.15, 0.2) is 36.8 Å². The predicted octanol–water partition coefficient (Wildman–Crippen LogP) is 2.06. The number of H-pyrrole nitrogens is 1. The molecule has 0 amide bonds. The Balaban J connectivity index is 1.68. The Hall–Kier alpha value is -2.98. The highest BCUT2D eigenvalue weighted by Crippen LogP contribution is 2.20. The summed E-state index contributed by atoms with van der Waals surface area (Å²) in [7, 11) is 0. The van der Waals surface area contributed by atoms with E-state index in [1.54, 1.807) is 12.1 Å². The van der Waals surface area contributed by atoms with Gasteiger partial charge in [0.25, 0.3) is 0 Å². The third-order valence-corrected chi connectivity index (χ3v) is 4.03. The zero-order valence-corrected chi connectivity index (χ0v) is 13.7. The molecule has 1 atom stereocenters. The molecule has 0 radical (unpaired) electrons. The molecule has 0 bridgehead atoms. The average molecular weight is 321 g/mol. The second kappa shape index (κ2) is 7.06. The van der Waals surface area contributed by atoms with E-state index in [1.807, 2.05) is 23.0 Å². The molecule has 0 spiro atoms. The quantitative estimate of drug-likeness (QED) is 0.724. The van der Waals surface area contributed by atoms with Crippen molar-refractivity contribution in [2.75, 3.05) is 6.54 Å². The topological polar surface area (TPSA) is 95.2 Å². The predicted molar refractivity (Wildman–Crippen MR) is 89.5 cm³/mol. The highest BCUT2D eigenvalue weighted by atomic mass is 15.3. The largest absolute Gasteiger partial charge is 0.310 e. The van der Waals surface area contributed by atoms with Crippen molar-refractivity contribution in [2.24, 2.45) is 0 Å². The van der Waals surface area contributed by atoms with Crippen LogP contribution in [0.1, 0.15) is 35.6 Å². The van der Waals surface area contributed by atoms with Crippen molar-refractivity contribution in [3.63, 3.8) is 0 Å². The van der Waals surface area contributed by atoms with Crippen molar-refractivity contribution < 1.29 is 0 Å². The average Bonchev–Trinajstić information content (AvgIpc) is 3.24. The van der Waals surface area contributed by atoms with Gasteiger partial charge < -0.3 is 5.32 Å². The van der Waals surface area contributed by atoms with E-state index in [0.717, 1.165) is 35.7 Å². The summed E-state index contributed by atoms with van der Waals surface area (Å²) in [6.45, 7) is 4.97. The molecule has 2 heterocycles. The maximum atomic E-state index is 8.89. The van der Waals surface area contributed by atoms with Gasteiger partial charge in [-0.3, -0.25) is 5.10 Å². The van der Waals surface area contributed by atoms with E-state index in [0.29, 0.717) is 5.56 Å². The van der Waals surface area contributed by atoms with Gasteiger partial charge in [0.05, 0.1) is 23.5 Å². The van der Waals surface area contributed by atoms with Crippen LogP contribution < -0.4 is 5.32 Å². The van der Waals surface area contributed by atoms with Crippen LogP contribution in [0.2, 0.25) is 0 Å². The van der Waals surface area contributed by atoms with Crippen LogP contribution in [0.25, 0.3) is 5.69 Å². The van der Waals surface area contributed by atoms with Gasteiger partial charge >= 0.3 is 0 Å². The number of benzene rings is 1. The number of nitrogens with one attached hydrogen (secondary N) is 2. The smallest absolute Gasteiger partial charge is 0.137 e. The first kappa shape index (κ1) is 15.9. The summed E-state index contributed by atoms with van der Waals surface area (Å²) >= 11 is 0. The molecule has 3 rings (SSSR count). The fraction of sp³-hybridized carbons (Fsp3) is 0.294. The molecule has 2 N–H and O–H groups in total. The van der Waals surface area contributed by atoms with Gasteiger partial charge in [-0.1, -0.05) is 0 Å². The normalized spacial score (nSPS) is 12.0. The maximum Gasteiger partial charge on any atom is 0.137 e. The van der Waals surface area contributed by atoms with Crippen molar-refractivity contribution in [1.82, 2.24) is 30.3 Å². The zero-order chi connectivity index (χ0) is 16.9. The molecular weight excluding hydrogens is 302 g/mol. The van der Waals surface area contributed by atoms with Gasteiger partial charge in [-0.2, -0.15) is 15.5 Å². The van der Waals surface area contributed by atoms with E-state index in [1.165, 1.54) is 6.33 Å². The molecule has 7 heteroatoms. The van der Waals surface area contributed by atoms with Crippen molar-refractivity contribution in [2.45, 2.75) is 26.3 Å². The number of nitriles is 1. The van der Waals surface area contributed by atoms with Crippen molar-refractivity contribution in [3.8, 4) is 11.8 Å². The van der Waals surface area contributed by atoms with E-state index >= 15 is 0 Å². The number of hydrogen-bond acceptors (Lipinski definition) is 5. The van der Waals surface area contributed by atoms with E-state index in [9.17, 15) is 0 Å². The van der Waals surface area contributed by atoms with Crippen LogP contribution in [0, 0.1) is 18.3 Å². The van der Waals surface area contributed by atoms with Crippen molar-refractivity contribution in [3.05, 3.63) is 59.4 Å². The molecule has 0 fully saturated rings. The van der Waals surface area contributed by atoms with Gasteiger partial charge in [0.1, 0.15) is 12.2 Å². The number of rotatable bonds is 6. The highest BCUT2D eigenvalue weighted by molar-refractivity contribution is 5.40. The SMILES string of the molecule is Cc1c([C@@H](C)NCCc2ncn[nH]2)cnn1-c1ccc(C#N)cc1. The van der Waals surface area contributed by atoms with Gasteiger partial charge in [0.15, 0.2) is 0 Å². The highest BCUT2D eigenvalue weighted by Gasteiger charge is 2.14. The molecule has 0 aliphatic heterocycles. The number of aromatic nitrogens is 5. The molecule has 3 aromatic rings. The van der Waals surface area contributed by atoms with Crippen molar-refractivity contribution >= 4 is 0 Å². The minimum Gasteiger partial charge on any atom is -0.310 e. The standard InChI is InChI=1S/C17H19N7/c1-12(19-8-7-17-20-11-21-23-17)16-10-22-24(13(16)2)15-5-3-14(9-18)4-6-15/h3-6,10-12,19H,7-8H2,1-2H3,(H,20,21,23)/t12-/m1/s1. The molecule has 24 heavy (non-hydrogen) atoms. The lowest BCUT2D eigenvalue weighted by Gasteiger charge is -2.13. The lowest BCUT2D eigenvalue weighted by molar-refractivity contribution is 0.568. The van der Waals surface area contributed by atoms with E-state index in [4.69, 9.17) is 5.26 Å². The van der Waals surface area contributed by atoms with Gasteiger partial charge in [0, 0.05) is 30.3 Å². The molecule has 0 aliphatic rings. The van der Waals surface area contributed by atoms with E-state index in [2.05, 4.69) is 45.5 Å². The van der Waals surface area contributed by atoms with Crippen LogP contribution in [0.5, 0.6) is 0 Å². The Morgan fingerprint density at radius 2 is 2.12 bits per heavy atom. The Bertz CT molecular complexity index is 825. The van der Waals surface area contributed by atoms with Gasteiger partial charge in [-0.05, 0) is 38.1 Å². The second-order valence-electron chi connectivity index (χ2n) is 5.61. The molecular formula is C17H19N7. The molecule has 0 saturated heterocycles.